The van der Waals surface area contributed by atoms with Gasteiger partial charge in [-0.25, -0.2) is 0 Å². The first-order valence-electron chi connectivity index (χ1n) is 5.84. The summed E-state index contributed by atoms with van der Waals surface area (Å²) in [5, 5.41) is 12.8. The van der Waals surface area contributed by atoms with Crippen molar-refractivity contribution in [3.05, 3.63) is 0 Å². The van der Waals surface area contributed by atoms with Gasteiger partial charge in [0.15, 0.2) is 0 Å². The molecule has 0 radical (unpaired) electrons. The molecule has 0 spiro atoms. The zero-order valence-electron chi connectivity index (χ0n) is 9.64. The van der Waals surface area contributed by atoms with Crippen molar-refractivity contribution >= 4 is 0 Å². The summed E-state index contributed by atoms with van der Waals surface area (Å²) in [7, 11) is 0. The Balaban J connectivity index is 2.57. The highest BCUT2D eigenvalue weighted by Gasteiger charge is 2.38. The van der Waals surface area contributed by atoms with E-state index in [4.69, 9.17) is 0 Å². The minimum atomic E-state index is -0.212. The van der Waals surface area contributed by atoms with E-state index in [0.717, 1.165) is 25.2 Å². The Labute approximate surface area is 87.7 Å². The summed E-state index contributed by atoms with van der Waals surface area (Å²) in [6.07, 6.45) is 5.61. The average molecular weight is 194 g/mol. The van der Waals surface area contributed by atoms with Gasteiger partial charge in [0.25, 0.3) is 0 Å². The summed E-state index contributed by atoms with van der Waals surface area (Å²) in [5.41, 5.74) is -0.212. The summed E-state index contributed by atoms with van der Waals surface area (Å²) in [5.74, 6) is 0.756. The number of nitrogens with one attached hydrogen (secondary N) is 1. The highest BCUT2D eigenvalue weighted by Crippen LogP contribution is 2.36. The van der Waals surface area contributed by atoms with Gasteiger partial charge in [0.05, 0.1) is 6.07 Å². The standard InChI is InChI=1S/C12H22N2/c1-4-10(3)14-12(9-13)7-6-11(5-2)8-12/h10-11,14H,4-8H2,1-3H3. The molecule has 1 N–H and O–H groups in total. The lowest BCUT2D eigenvalue weighted by molar-refractivity contribution is 0.352. The van der Waals surface area contributed by atoms with Gasteiger partial charge in [0.2, 0.25) is 0 Å². The Morgan fingerprint density at radius 3 is 2.71 bits per heavy atom. The molecule has 3 unspecified atom stereocenters. The fraction of sp³-hybridized carbons (Fsp3) is 0.917. The number of rotatable bonds is 4. The number of hydrogen-bond donors (Lipinski definition) is 1. The van der Waals surface area contributed by atoms with E-state index in [1.807, 2.05) is 0 Å². The van der Waals surface area contributed by atoms with E-state index in [9.17, 15) is 5.26 Å². The van der Waals surface area contributed by atoms with Crippen LogP contribution in [0.1, 0.15) is 52.9 Å². The molecule has 0 aliphatic heterocycles. The molecule has 14 heavy (non-hydrogen) atoms. The molecule has 3 atom stereocenters. The molecule has 1 fully saturated rings. The first-order chi connectivity index (χ1) is 6.65. The van der Waals surface area contributed by atoms with Gasteiger partial charge in [-0.1, -0.05) is 20.3 Å². The molecule has 0 saturated heterocycles. The van der Waals surface area contributed by atoms with Crippen molar-refractivity contribution in [2.75, 3.05) is 0 Å². The van der Waals surface area contributed by atoms with Crippen molar-refractivity contribution in [2.45, 2.75) is 64.5 Å². The van der Waals surface area contributed by atoms with Crippen LogP contribution >= 0.6 is 0 Å². The van der Waals surface area contributed by atoms with Crippen LogP contribution in [0.5, 0.6) is 0 Å². The van der Waals surface area contributed by atoms with Crippen molar-refractivity contribution in [2.24, 2.45) is 5.92 Å². The van der Waals surface area contributed by atoms with Crippen LogP contribution in [-0.4, -0.2) is 11.6 Å². The molecule has 0 aromatic rings. The molecule has 1 saturated carbocycles. The summed E-state index contributed by atoms with van der Waals surface area (Å²) >= 11 is 0. The summed E-state index contributed by atoms with van der Waals surface area (Å²) < 4.78 is 0. The topological polar surface area (TPSA) is 35.8 Å². The third kappa shape index (κ3) is 2.48. The second kappa shape index (κ2) is 4.79. The van der Waals surface area contributed by atoms with Crippen LogP contribution in [0.25, 0.3) is 0 Å². The maximum atomic E-state index is 9.26. The lowest BCUT2D eigenvalue weighted by atomic mass is 9.95. The van der Waals surface area contributed by atoms with Gasteiger partial charge < -0.3 is 0 Å². The summed E-state index contributed by atoms with van der Waals surface area (Å²) in [6, 6.07) is 2.96. The van der Waals surface area contributed by atoms with Crippen molar-refractivity contribution in [3.63, 3.8) is 0 Å². The minimum Gasteiger partial charge on any atom is -0.297 e. The lowest BCUT2D eigenvalue weighted by Crippen LogP contribution is -2.46. The fourth-order valence-electron chi connectivity index (χ4n) is 2.33. The van der Waals surface area contributed by atoms with E-state index in [-0.39, 0.29) is 5.54 Å². The van der Waals surface area contributed by atoms with E-state index in [0.29, 0.717) is 6.04 Å². The van der Waals surface area contributed by atoms with Crippen LogP contribution in [0.15, 0.2) is 0 Å². The summed E-state index contributed by atoms with van der Waals surface area (Å²) in [4.78, 5) is 0. The minimum absolute atomic E-state index is 0.212. The second-order valence-corrected chi connectivity index (χ2v) is 4.66. The Bertz CT molecular complexity index is 219. The van der Waals surface area contributed by atoms with Crippen LogP contribution in [0.4, 0.5) is 0 Å². The zero-order valence-corrected chi connectivity index (χ0v) is 9.64. The van der Waals surface area contributed by atoms with E-state index in [1.165, 1.54) is 12.8 Å². The molecule has 0 heterocycles. The van der Waals surface area contributed by atoms with Crippen molar-refractivity contribution < 1.29 is 0 Å². The molecule has 2 heteroatoms. The SMILES string of the molecule is CCC1CCC(C#N)(NC(C)CC)C1. The molecule has 1 aliphatic rings. The van der Waals surface area contributed by atoms with Crippen LogP contribution in [-0.2, 0) is 0 Å². The highest BCUT2D eigenvalue weighted by atomic mass is 15.0. The lowest BCUT2D eigenvalue weighted by Gasteiger charge is -2.26. The monoisotopic (exact) mass is 194 g/mol. The Hall–Kier alpha value is -0.550. The summed E-state index contributed by atoms with van der Waals surface area (Å²) in [6.45, 7) is 6.55. The van der Waals surface area contributed by atoms with Gasteiger partial charge in [0, 0.05) is 6.04 Å². The zero-order chi connectivity index (χ0) is 10.6. The molecular formula is C12H22N2. The fourth-order valence-corrected chi connectivity index (χ4v) is 2.33. The number of nitriles is 1. The Morgan fingerprint density at radius 1 is 1.57 bits per heavy atom. The van der Waals surface area contributed by atoms with Crippen LogP contribution < -0.4 is 5.32 Å². The van der Waals surface area contributed by atoms with Gasteiger partial charge in [-0.3, -0.25) is 5.32 Å². The predicted molar refractivity (Wildman–Crippen MR) is 58.9 cm³/mol. The smallest absolute Gasteiger partial charge is 0.107 e. The van der Waals surface area contributed by atoms with Crippen molar-refractivity contribution in [3.8, 4) is 6.07 Å². The van der Waals surface area contributed by atoms with Gasteiger partial charge in [-0.05, 0) is 38.5 Å². The van der Waals surface area contributed by atoms with Gasteiger partial charge in [-0.15, -0.1) is 0 Å². The van der Waals surface area contributed by atoms with Gasteiger partial charge >= 0.3 is 0 Å². The first-order valence-corrected chi connectivity index (χ1v) is 5.84. The molecule has 0 aromatic carbocycles. The molecule has 2 nitrogen and oxygen atoms in total. The van der Waals surface area contributed by atoms with Crippen LogP contribution in [0.3, 0.4) is 0 Å². The van der Waals surface area contributed by atoms with Crippen LogP contribution in [0, 0.1) is 17.2 Å². The molecule has 0 bridgehead atoms. The Morgan fingerprint density at radius 2 is 2.29 bits per heavy atom. The maximum absolute atomic E-state index is 9.26. The largest absolute Gasteiger partial charge is 0.297 e. The molecule has 1 rings (SSSR count). The van der Waals surface area contributed by atoms with Crippen LogP contribution in [0.2, 0.25) is 0 Å². The molecule has 80 valence electrons. The molecule has 0 amide bonds. The van der Waals surface area contributed by atoms with E-state index in [2.05, 4.69) is 32.2 Å². The number of nitrogens with zero attached hydrogens (tertiary/aromatic N) is 1. The molecule has 0 aromatic heterocycles. The molecular weight excluding hydrogens is 172 g/mol. The first kappa shape index (κ1) is 11.5. The normalized spacial score (nSPS) is 34.0. The van der Waals surface area contributed by atoms with Crippen molar-refractivity contribution in [1.82, 2.24) is 5.32 Å². The maximum Gasteiger partial charge on any atom is 0.107 e. The van der Waals surface area contributed by atoms with E-state index >= 15 is 0 Å². The third-order valence-corrected chi connectivity index (χ3v) is 3.54. The average Bonchev–Trinajstić information content (AvgIpc) is 2.62. The Kier molecular flexibility index (Phi) is 3.95. The quantitative estimate of drug-likeness (QED) is 0.747. The van der Waals surface area contributed by atoms with E-state index in [1.54, 1.807) is 0 Å². The van der Waals surface area contributed by atoms with Gasteiger partial charge in [0.1, 0.15) is 5.54 Å². The highest BCUT2D eigenvalue weighted by molar-refractivity contribution is 5.12. The van der Waals surface area contributed by atoms with E-state index < -0.39 is 0 Å². The molecule has 1 aliphatic carbocycles. The second-order valence-electron chi connectivity index (χ2n) is 4.66. The van der Waals surface area contributed by atoms with Gasteiger partial charge in [-0.2, -0.15) is 5.26 Å². The number of hydrogen-bond acceptors (Lipinski definition) is 2. The third-order valence-electron chi connectivity index (χ3n) is 3.54. The van der Waals surface area contributed by atoms with Crippen molar-refractivity contribution in [1.29, 1.82) is 5.26 Å². The predicted octanol–water partition coefficient (Wildman–Crippen LogP) is 2.85.